The minimum Gasteiger partial charge on any atom is -0.481 e. The summed E-state index contributed by atoms with van der Waals surface area (Å²) in [7, 11) is -3.95. The van der Waals surface area contributed by atoms with Gasteiger partial charge >= 0.3 is 5.97 Å². The van der Waals surface area contributed by atoms with Gasteiger partial charge in [-0.2, -0.15) is 0 Å². The van der Waals surface area contributed by atoms with Crippen molar-refractivity contribution in [3.63, 3.8) is 0 Å². The molecule has 1 aromatic carbocycles. The van der Waals surface area contributed by atoms with Gasteiger partial charge in [-0.1, -0.05) is 0 Å². The number of halogens is 1. The number of nitrogens with zero attached hydrogens (tertiary/aromatic N) is 2. The topological polar surface area (TPSA) is 122 Å². The van der Waals surface area contributed by atoms with Gasteiger partial charge in [0.2, 0.25) is 10.0 Å². The van der Waals surface area contributed by atoms with Crippen LogP contribution in [0.5, 0.6) is 0 Å². The fraction of sp³-hybridized carbons (Fsp3) is 0.300. The first-order chi connectivity index (χ1) is 14.2. The zero-order valence-corrected chi connectivity index (χ0v) is 17.0. The van der Waals surface area contributed by atoms with Crippen LogP contribution in [0.1, 0.15) is 24.8 Å². The standard InChI is InChI=1S/C20H22FN3O5S/c1-13(20(26)27)18-12-24(19-17(18)3-2-9-22-19)11-15(8-10-25)23-30(28,29)16-6-4-14(21)5-7-16/h2-7,9,12-13,15,23,25H,8,10-11H2,1H3,(H,26,27)/t13?,15-/m1/s1. The van der Waals surface area contributed by atoms with E-state index in [4.69, 9.17) is 0 Å². The van der Waals surface area contributed by atoms with Crippen LogP contribution in [0.15, 0.2) is 53.7 Å². The van der Waals surface area contributed by atoms with Crippen LogP contribution in [0, 0.1) is 5.82 Å². The Kier molecular flexibility index (Phi) is 6.49. The number of rotatable bonds is 9. The molecular weight excluding hydrogens is 413 g/mol. The van der Waals surface area contributed by atoms with E-state index < -0.39 is 33.8 Å². The summed E-state index contributed by atoms with van der Waals surface area (Å²) in [6, 6.07) is 7.19. The van der Waals surface area contributed by atoms with Crippen LogP contribution in [0.25, 0.3) is 11.0 Å². The van der Waals surface area contributed by atoms with Gasteiger partial charge in [-0.15, -0.1) is 0 Å². The molecule has 0 saturated heterocycles. The average Bonchev–Trinajstić information content (AvgIpc) is 3.06. The number of fused-ring (bicyclic) bond motifs is 1. The Hall–Kier alpha value is -2.82. The number of carboxylic acids is 1. The first-order valence-electron chi connectivity index (χ1n) is 9.28. The maximum absolute atomic E-state index is 13.1. The molecule has 3 N–H and O–H groups in total. The Morgan fingerprint density at radius 2 is 1.97 bits per heavy atom. The van der Waals surface area contributed by atoms with Gasteiger partial charge in [0, 0.05) is 37.0 Å². The SMILES string of the molecule is CC(C(=O)O)c1cn(C[C@@H](CCO)NS(=O)(=O)c2ccc(F)cc2)c2ncccc12. The monoisotopic (exact) mass is 435 g/mol. The van der Waals surface area contributed by atoms with Crippen molar-refractivity contribution in [3.05, 3.63) is 60.2 Å². The number of carbonyl (C=O) groups is 1. The maximum atomic E-state index is 13.1. The predicted molar refractivity (Wildman–Crippen MR) is 108 cm³/mol. The Balaban J connectivity index is 1.92. The molecule has 2 heterocycles. The number of aliphatic hydroxyl groups excluding tert-OH is 1. The molecule has 0 aliphatic heterocycles. The first kappa shape index (κ1) is 21.9. The van der Waals surface area contributed by atoms with Crippen molar-refractivity contribution in [3.8, 4) is 0 Å². The molecule has 0 spiro atoms. The second-order valence-electron chi connectivity index (χ2n) is 6.96. The summed E-state index contributed by atoms with van der Waals surface area (Å²) in [6.07, 6.45) is 3.33. The Labute approximate surface area is 173 Å². The van der Waals surface area contributed by atoms with Crippen LogP contribution in [0.3, 0.4) is 0 Å². The summed E-state index contributed by atoms with van der Waals surface area (Å²) in [5.41, 5.74) is 1.08. The van der Waals surface area contributed by atoms with Crippen LogP contribution in [0.4, 0.5) is 4.39 Å². The van der Waals surface area contributed by atoms with Crippen LogP contribution in [-0.2, 0) is 21.4 Å². The van der Waals surface area contributed by atoms with E-state index in [0.29, 0.717) is 16.6 Å². The van der Waals surface area contributed by atoms with Crippen LogP contribution in [0.2, 0.25) is 0 Å². The second-order valence-corrected chi connectivity index (χ2v) is 8.67. The molecule has 0 saturated carbocycles. The summed E-state index contributed by atoms with van der Waals surface area (Å²) in [5.74, 6) is -2.31. The molecule has 0 fully saturated rings. The van der Waals surface area contributed by atoms with Gasteiger partial charge < -0.3 is 14.8 Å². The molecule has 2 aromatic heterocycles. The van der Waals surface area contributed by atoms with Crippen molar-refractivity contribution in [2.24, 2.45) is 0 Å². The average molecular weight is 435 g/mol. The van der Waals surface area contributed by atoms with Crippen LogP contribution < -0.4 is 4.72 Å². The van der Waals surface area contributed by atoms with E-state index in [2.05, 4.69) is 9.71 Å². The summed E-state index contributed by atoms with van der Waals surface area (Å²) >= 11 is 0. The fourth-order valence-corrected chi connectivity index (χ4v) is 4.51. The van der Waals surface area contributed by atoms with E-state index in [1.807, 2.05) is 0 Å². The number of benzene rings is 1. The number of aromatic nitrogens is 2. The minimum absolute atomic E-state index is 0.0949. The van der Waals surface area contributed by atoms with Crippen molar-refractivity contribution in [1.29, 1.82) is 0 Å². The predicted octanol–water partition coefficient (Wildman–Crippen LogP) is 2.09. The number of hydrogen-bond acceptors (Lipinski definition) is 5. The maximum Gasteiger partial charge on any atom is 0.310 e. The van der Waals surface area contributed by atoms with Crippen LogP contribution >= 0.6 is 0 Å². The highest BCUT2D eigenvalue weighted by atomic mass is 32.2. The van der Waals surface area contributed by atoms with Crippen LogP contribution in [-0.4, -0.2) is 46.8 Å². The number of hydrogen-bond donors (Lipinski definition) is 3. The molecule has 0 aliphatic carbocycles. The summed E-state index contributed by atoms with van der Waals surface area (Å²) in [4.78, 5) is 15.7. The third kappa shape index (κ3) is 4.66. The minimum atomic E-state index is -3.95. The highest BCUT2D eigenvalue weighted by Gasteiger charge is 2.24. The molecule has 8 nitrogen and oxygen atoms in total. The number of nitrogens with one attached hydrogen (secondary N) is 1. The molecule has 0 bridgehead atoms. The van der Waals surface area contributed by atoms with E-state index in [0.717, 1.165) is 24.3 Å². The van der Waals surface area contributed by atoms with Gasteiger partial charge in [0.15, 0.2) is 0 Å². The first-order valence-corrected chi connectivity index (χ1v) is 10.8. The largest absolute Gasteiger partial charge is 0.481 e. The third-order valence-electron chi connectivity index (χ3n) is 4.84. The molecule has 0 aliphatic rings. The lowest BCUT2D eigenvalue weighted by Crippen LogP contribution is -2.38. The number of sulfonamides is 1. The zero-order chi connectivity index (χ0) is 21.9. The molecule has 3 rings (SSSR count). The molecular formula is C20H22FN3O5S. The molecule has 2 atom stereocenters. The van der Waals surface area contributed by atoms with E-state index >= 15 is 0 Å². The van der Waals surface area contributed by atoms with E-state index in [1.54, 1.807) is 36.0 Å². The molecule has 160 valence electrons. The number of carboxylic acid groups (broad SMARTS) is 1. The van der Waals surface area contributed by atoms with Gasteiger partial charge in [-0.25, -0.2) is 22.5 Å². The van der Waals surface area contributed by atoms with Gasteiger partial charge in [-0.3, -0.25) is 4.79 Å². The summed E-state index contributed by atoms with van der Waals surface area (Å²) < 4.78 is 42.7. The van der Waals surface area contributed by atoms with Gasteiger partial charge in [0.1, 0.15) is 11.5 Å². The van der Waals surface area contributed by atoms with Gasteiger partial charge in [0.25, 0.3) is 0 Å². The molecule has 0 radical (unpaired) electrons. The number of aliphatic carboxylic acids is 1. The Morgan fingerprint density at radius 3 is 2.60 bits per heavy atom. The molecule has 1 unspecified atom stereocenters. The quantitative estimate of drug-likeness (QED) is 0.473. The van der Waals surface area contributed by atoms with Crippen molar-refractivity contribution in [2.45, 2.75) is 36.7 Å². The summed E-state index contributed by atoms with van der Waals surface area (Å²) in [6.45, 7) is 1.43. The highest BCUT2D eigenvalue weighted by Crippen LogP contribution is 2.27. The zero-order valence-electron chi connectivity index (χ0n) is 16.2. The fourth-order valence-electron chi connectivity index (χ4n) is 3.25. The Bertz CT molecular complexity index is 1140. The van der Waals surface area contributed by atoms with Gasteiger partial charge in [0.05, 0.1) is 10.8 Å². The number of pyridine rings is 1. The van der Waals surface area contributed by atoms with E-state index in [9.17, 15) is 27.8 Å². The molecule has 10 heteroatoms. The second kappa shape index (κ2) is 8.90. The Morgan fingerprint density at radius 1 is 1.27 bits per heavy atom. The van der Waals surface area contributed by atoms with E-state index in [-0.39, 0.29) is 24.5 Å². The van der Waals surface area contributed by atoms with Crippen molar-refractivity contribution in [1.82, 2.24) is 14.3 Å². The molecule has 3 aromatic rings. The highest BCUT2D eigenvalue weighted by molar-refractivity contribution is 7.89. The van der Waals surface area contributed by atoms with Gasteiger partial charge in [-0.05, 0) is 55.3 Å². The van der Waals surface area contributed by atoms with Crippen molar-refractivity contribution in [2.75, 3.05) is 6.61 Å². The lowest BCUT2D eigenvalue weighted by Gasteiger charge is -2.19. The third-order valence-corrected chi connectivity index (χ3v) is 6.38. The lowest BCUT2D eigenvalue weighted by atomic mass is 10.0. The number of aliphatic hydroxyl groups is 1. The van der Waals surface area contributed by atoms with Crippen molar-refractivity contribution < 1.29 is 27.8 Å². The molecule has 30 heavy (non-hydrogen) atoms. The van der Waals surface area contributed by atoms with Crippen molar-refractivity contribution >= 4 is 27.0 Å². The van der Waals surface area contributed by atoms with E-state index in [1.165, 1.54) is 0 Å². The lowest BCUT2D eigenvalue weighted by molar-refractivity contribution is -0.138. The normalized spacial score (nSPS) is 14.0. The molecule has 0 amide bonds. The summed E-state index contributed by atoms with van der Waals surface area (Å²) in [5, 5.41) is 19.5. The smallest absolute Gasteiger partial charge is 0.310 e.